The van der Waals surface area contributed by atoms with Gasteiger partial charge >= 0.3 is 0 Å². The Bertz CT molecular complexity index is 996. The lowest BCUT2D eigenvalue weighted by molar-refractivity contribution is 0.866. The van der Waals surface area contributed by atoms with Crippen molar-refractivity contribution in [2.24, 2.45) is 0 Å². The van der Waals surface area contributed by atoms with Crippen molar-refractivity contribution in [1.82, 2.24) is 0 Å². The summed E-state index contributed by atoms with van der Waals surface area (Å²) in [7, 11) is 2.16. The minimum atomic E-state index is 0.565. The average molecular weight is 331 g/mol. The van der Waals surface area contributed by atoms with Gasteiger partial charge in [0, 0.05) is 28.2 Å². The van der Waals surface area contributed by atoms with Crippen molar-refractivity contribution in [2.45, 2.75) is 19.8 Å². The van der Waals surface area contributed by atoms with Crippen LogP contribution in [0.5, 0.6) is 0 Å². The summed E-state index contributed by atoms with van der Waals surface area (Å²) >= 11 is 1.88. The SMILES string of the molecule is CC(C)c1ccc(N(C)c2cccc3c2sc2ccccc23)cc1. The summed E-state index contributed by atoms with van der Waals surface area (Å²) in [5.74, 6) is 0.565. The molecule has 0 fully saturated rings. The van der Waals surface area contributed by atoms with Gasteiger partial charge in [-0.15, -0.1) is 11.3 Å². The third-order valence-electron chi connectivity index (χ3n) is 4.69. The van der Waals surface area contributed by atoms with Gasteiger partial charge in [0.15, 0.2) is 0 Å². The fourth-order valence-electron chi connectivity index (χ4n) is 3.22. The van der Waals surface area contributed by atoms with Gasteiger partial charge in [-0.3, -0.25) is 0 Å². The van der Waals surface area contributed by atoms with E-state index in [0.29, 0.717) is 5.92 Å². The smallest absolute Gasteiger partial charge is 0.0592 e. The summed E-state index contributed by atoms with van der Waals surface area (Å²) < 4.78 is 2.71. The standard InChI is InChI=1S/C22H21NS/c1-15(2)16-11-13-17(14-12-16)23(3)20-9-6-8-19-18-7-4-5-10-21(18)24-22(19)20/h4-15H,1-3H3. The first-order valence-electron chi connectivity index (χ1n) is 8.39. The van der Waals surface area contributed by atoms with E-state index < -0.39 is 0 Å². The predicted octanol–water partition coefficient (Wildman–Crippen LogP) is 6.95. The molecule has 0 aliphatic rings. The van der Waals surface area contributed by atoms with Crippen molar-refractivity contribution < 1.29 is 0 Å². The second-order valence-corrected chi connectivity index (χ2v) is 7.61. The highest BCUT2D eigenvalue weighted by Crippen LogP contribution is 2.40. The molecule has 120 valence electrons. The van der Waals surface area contributed by atoms with Crippen LogP contribution in [-0.4, -0.2) is 7.05 Å². The molecule has 1 nitrogen and oxygen atoms in total. The summed E-state index contributed by atoms with van der Waals surface area (Å²) in [5.41, 5.74) is 3.88. The Labute approximate surface area is 147 Å². The van der Waals surface area contributed by atoms with Crippen LogP contribution >= 0.6 is 11.3 Å². The summed E-state index contributed by atoms with van der Waals surface area (Å²) in [5, 5.41) is 2.70. The number of fused-ring (bicyclic) bond motifs is 3. The van der Waals surface area contributed by atoms with Gasteiger partial charge in [0.1, 0.15) is 0 Å². The van der Waals surface area contributed by atoms with E-state index in [0.717, 1.165) is 0 Å². The van der Waals surface area contributed by atoms with Crippen LogP contribution in [-0.2, 0) is 0 Å². The molecular weight excluding hydrogens is 310 g/mol. The normalized spacial score (nSPS) is 11.5. The lowest BCUT2D eigenvalue weighted by Gasteiger charge is -2.21. The average Bonchev–Trinajstić information content (AvgIpc) is 3.00. The van der Waals surface area contributed by atoms with Crippen LogP contribution in [0.15, 0.2) is 66.7 Å². The number of rotatable bonds is 3. The van der Waals surface area contributed by atoms with Crippen LogP contribution in [0.4, 0.5) is 11.4 Å². The Morgan fingerprint density at radius 1 is 0.792 bits per heavy atom. The minimum Gasteiger partial charge on any atom is -0.343 e. The quantitative estimate of drug-likeness (QED) is 0.393. The van der Waals surface area contributed by atoms with Gasteiger partial charge in [-0.25, -0.2) is 0 Å². The molecule has 2 heteroatoms. The van der Waals surface area contributed by atoms with E-state index in [1.165, 1.54) is 37.1 Å². The van der Waals surface area contributed by atoms with Crippen molar-refractivity contribution in [3.63, 3.8) is 0 Å². The summed E-state index contributed by atoms with van der Waals surface area (Å²) in [4.78, 5) is 2.29. The summed E-state index contributed by atoms with van der Waals surface area (Å²) in [6.07, 6.45) is 0. The molecule has 3 aromatic carbocycles. The van der Waals surface area contributed by atoms with Crippen molar-refractivity contribution in [2.75, 3.05) is 11.9 Å². The van der Waals surface area contributed by atoms with Crippen molar-refractivity contribution >= 4 is 42.9 Å². The van der Waals surface area contributed by atoms with Crippen molar-refractivity contribution in [3.8, 4) is 0 Å². The molecule has 0 unspecified atom stereocenters. The highest BCUT2D eigenvalue weighted by molar-refractivity contribution is 7.26. The topological polar surface area (TPSA) is 3.24 Å². The lowest BCUT2D eigenvalue weighted by Crippen LogP contribution is -2.09. The predicted molar refractivity (Wildman–Crippen MR) is 108 cm³/mol. The van der Waals surface area contributed by atoms with E-state index in [1.54, 1.807) is 0 Å². The van der Waals surface area contributed by atoms with Crippen LogP contribution in [0.2, 0.25) is 0 Å². The van der Waals surface area contributed by atoms with Crippen molar-refractivity contribution in [3.05, 3.63) is 72.3 Å². The Morgan fingerprint density at radius 2 is 1.50 bits per heavy atom. The van der Waals surface area contributed by atoms with E-state index in [9.17, 15) is 0 Å². The monoisotopic (exact) mass is 331 g/mol. The Balaban J connectivity index is 1.83. The molecule has 0 bridgehead atoms. The fourth-order valence-corrected chi connectivity index (χ4v) is 4.47. The molecule has 0 aliphatic carbocycles. The van der Waals surface area contributed by atoms with Gasteiger partial charge in [-0.2, -0.15) is 0 Å². The highest BCUT2D eigenvalue weighted by Gasteiger charge is 2.12. The third-order valence-corrected chi connectivity index (χ3v) is 5.90. The first-order chi connectivity index (χ1) is 11.6. The Morgan fingerprint density at radius 3 is 2.25 bits per heavy atom. The molecule has 0 aliphatic heterocycles. The van der Waals surface area contributed by atoms with Gasteiger partial charge < -0.3 is 4.90 Å². The minimum absolute atomic E-state index is 0.565. The zero-order chi connectivity index (χ0) is 16.7. The number of benzene rings is 3. The van der Waals surface area contributed by atoms with E-state index in [2.05, 4.69) is 92.5 Å². The molecule has 4 rings (SSSR count). The molecule has 0 N–H and O–H groups in total. The van der Waals surface area contributed by atoms with Crippen LogP contribution in [0.25, 0.3) is 20.2 Å². The molecule has 24 heavy (non-hydrogen) atoms. The maximum Gasteiger partial charge on any atom is 0.0592 e. The number of hydrogen-bond acceptors (Lipinski definition) is 2. The van der Waals surface area contributed by atoms with Crippen LogP contribution in [0.1, 0.15) is 25.3 Å². The second-order valence-electron chi connectivity index (χ2n) is 6.56. The fraction of sp³-hybridized carbons (Fsp3) is 0.182. The molecule has 0 amide bonds. The maximum atomic E-state index is 2.29. The van der Waals surface area contributed by atoms with Gasteiger partial charge in [0.25, 0.3) is 0 Å². The molecule has 0 saturated heterocycles. The van der Waals surface area contributed by atoms with Gasteiger partial charge in [0.05, 0.1) is 10.4 Å². The van der Waals surface area contributed by atoms with Gasteiger partial charge in [0.2, 0.25) is 0 Å². The number of hydrogen-bond donors (Lipinski definition) is 0. The molecule has 1 aromatic heterocycles. The molecular formula is C22H21NS. The van der Waals surface area contributed by atoms with Gasteiger partial charge in [-0.05, 0) is 35.7 Å². The second kappa shape index (κ2) is 5.95. The Hall–Kier alpha value is -2.32. The first kappa shape index (κ1) is 15.2. The number of anilines is 2. The highest BCUT2D eigenvalue weighted by atomic mass is 32.1. The summed E-state index contributed by atoms with van der Waals surface area (Å²) in [6.45, 7) is 4.47. The van der Waals surface area contributed by atoms with Crippen LogP contribution < -0.4 is 4.90 Å². The molecule has 0 spiro atoms. The molecule has 0 saturated carbocycles. The maximum absolute atomic E-state index is 2.29. The van der Waals surface area contributed by atoms with Crippen LogP contribution in [0, 0.1) is 0 Å². The summed E-state index contributed by atoms with van der Waals surface area (Å²) in [6, 6.07) is 24.2. The van der Waals surface area contributed by atoms with E-state index in [4.69, 9.17) is 0 Å². The zero-order valence-electron chi connectivity index (χ0n) is 14.3. The largest absolute Gasteiger partial charge is 0.343 e. The molecule has 0 atom stereocenters. The number of thiophene rings is 1. The third kappa shape index (κ3) is 2.47. The number of nitrogens with zero attached hydrogens (tertiary/aromatic N) is 1. The molecule has 0 radical (unpaired) electrons. The Kier molecular flexibility index (Phi) is 3.78. The lowest BCUT2D eigenvalue weighted by atomic mass is 10.0. The van der Waals surface area contributed by atoms with Crippen molar-refractivity contribution in [1.29, 1.82) is 0 Å². The molecule has 4 aromatic rings. The molecule has 1 heterocycles. The van der Waals surface area contributed by atoms with Gasteiger partial charge in [-0.1, -0.05) is 56.3 Å². The zero-order valence-corrected chi connectivity index (χ0v) is 15.1. The van der Waals surface area contributed by atoms with E-state index in [-0.39, 0.29) is 0 Å². The first-order valence-corrected chi connectivity index (χ1v) is 9.21. The van der Waals surface area contributed by atoms with E-state index in [1.807, 2.05) is 11.3 Å². The van der Waals surface area contributed by atoms with E-state index >= 15 is 0 Å². The van der Waals surface area contributed by atoms with Crippen LogP contribution in [0.3, 0.4) is 0 Å².